The fourth-order valence-electron chi connectivity index (χ4n) is 2.90. The van der Waals surface area contributed by atoms with E-state index in [9.17, 15) is 4.79 Å². The van der Waals surface area contributed by atoms with Crippen molar-refractivity contribution in [1.29, 1.82) is 0 Å². The minimum atomic E-state index is -0.273. The van der Waals surface area contributed by atoms with Gasteiger partial charge in [0.05, 0.1) is 12.7 Å². The van der Waals surface area contributed by atoms with Crippen LogP contribution < -0.4 is 5.32 Å². The van der Waals surface area contributed by atoms with Crippen LogP contribution in [0, 0.1) is 6.92 Å². The van der Waals surface area contributed by atoms with Crippen molar-refractivity contribution in [3.05, 3.63) is 29.3 Å². The summed E-state index contributed by atoms with van der Waals surface area (Å²) in [6.45, 7) is 7.61. The van der Waals surface area contributed by atoms with Crippen LogP contribution in [0.5, 0.6) is 0 Å². The van der Waals surface area contributed by atoms with Gasteiger partial charge in [0.15, 0.2) is 0 Å². The third-order valence-electron chi connectivity index (χ3n) is 4.21. The van der Waals surface area contributed by atoms with E-state index in [-0.39, 0.29) is 5.97 Å². The number of methoxy groups -OCH3 is 1. The van der Waals surface area contributed by atoms with Gasteiger partial charge in [-0.05, 0) is 51.4 Å². The molecule has 0 amide bonds. The molecule has 1 atom stereocenters. The molecule has 4 nitrogen and oxygen atoms in total. The Labute approximate surface area is 127 Å². The number of esters is 1. The molecule has 4 heteroatoms. The zero-order valence-corrected chi connectivity index (χ0v) is 13.3. The monoisotopic (exact) mass is 290 g/mol. The summed E-state index contributed by atoms with van der Waals surface area (Å²) in [6.07, 6.45) is 3.46. The summed E-state index contributed by atoms with van der Waals surface area (Å²) in [5.74, 6) is -0.273. The molecule has 1 aliphatic heterocycles. The number of likely N-dealkylation sites (tertiary alicyclic amines) is 1. The van der Waals surface area contributed by atoms with Crippen molar-refractivity contribution >= 4 is 11.7 Å². The number of hydrogen-bond acceptors (Lipinski definition) is 4. The molecule has 1 aromatic carbocycles. The van der Waals surface area contributed by atoms with Gasteiger partial charge in [-0.3, -0.25) is 0 Å². The zero-order valence-electron chi connectivity index (χ0n) is 13.3. The van der Waals surface area contributed by atoms with E-state index in [1.165, 1.54) is 20.1 Å². The maximum atomic E-state index is 11.9. The number of carbonyl (C=O) groups is 1. The minimum absolute atomic E-state index is 0.273. The highest BCUT2D eigenvalue weighted by atomic mass is 16.5. The molecule has 21 heavy (non-hydrogen) atoms. The van der Waals surface area contributed by atoms with Crippen LogP contribution in [0.2, 0.25) is 0 Å². The lowest BCUT2D eigenvalue weighted by Gasteiger charge is -2.20. The Morgan fingerprint density at radius 2 is 2.19 bits per heavy atom. The molecule has 1 aromatic rings. The number of carbonyl (C=O) groups excluding carboxylic acids is 1. The molecule has 1 saturated heterocycles. The Bertz CT molecular complexity index is 488. The van der Waals surface area contributed by atoms with Crippen LogP contribution >= 0.6 is 0 Å². The standard InChI is InChI=1S/C17H26N2O2/c1-4-19-10-5-6-14(9-11-19)18-16-8-7-13(2)12-15(16)17(20)21-3/h7-8,12,14,18H,4-6,9-11H2,1-3H3. The molecule has 0 spiro atoms. The molecule has 0 bridgehead atoms. The summed E-state index contributed by atoms with van der Waals surface area (Å²) in [5, 5.41) is 3.55. The van der Waals surface area contributed by atoms with Gasteiger partial charge in [0.2, 0.25) is 0 Å². The van der Waals surface area contributed by atoms with Crippen LogP contribution in [0.25, 0.3) is 0 Å². The van der Waals surface area contributed by atoms with Gasteiger partial charge in [0.1, 0.15) is 0 Å². The van der Waals surface area contributed by atoms with Crippen molar-refractivity contribution in [2.45, 2.75) is 39.2 Å². The summed E-state index contributed by atoms with van der Waals surface area (Å²) in [6, 6.07) is 6.34. The second-order valence-electron chi connectivity index (χ2n) is 5.75. The first-order valence-electron chi connectivity index (χ1n) is 7.82. The SMILES string of the molecule is CCN1CCCC(Nc2ccc(C)cc2C(=O)OC)CC1. The van der Waals surface area contributed by atoms with Crippen LogP contribution in [0.3, 0.4) is 0 Å². The number of aryl methyl sites for hydroxylation is 1. The van der Waals surface area contributed by atoms with Crippen molar-refractivity contribution in [3.8, 4) is 0 Å². The number of nitrogens with zero attached hydrogens (tertiary/aromatic N) is 1. The zero-order chi connectivity index (χ0) is 15.2. The number of hydrogen-bond donors (Lipinski definition) is 1. The summed E-state index contributed by atoms with van der Waals surface area (Å²) >= 11 is 0. The number of benzene rings is 1. The van der Waals surface area contributed by atoms with E-state index in [4.69, 9.17) is 4.74 Å². The molecule has 0 aliphatic carbocycles. The van der Waals surface area contributed by atoms with Crippen molar-refractivity contribution in [3.63, 3.8) is 0 Å². The van der Waals surface area contributed by atoms with E-state index in [2.05, 4.69) is 17.1 Å². The topological polar surface area (TPSA) is 41.6 Å². The van der Waals surface area contributed by atoms with Gasteiger partial charge < -0.3 is 15.0 Å². The molecule has 116 valence electrons. The molecule has 0 aromatic heterocycles. The van der Waals surface area contributed by atoms with Crippen molar-refractivity contribution in [1.82, 2.24) is 4.90 Å². The van der Waals surface area contributed by atoms with E-state index in [1.807, 2.05) is 25.1 Å². The van der Waals surface area contributed by atoms with Gasteiger partial charge in [-0.1, -0.05) is 18.6 Å². The third kappa shape index (κ3) is 4.21. The predicted octanol–water partition coefficient (Wildman–Crippen LogP) is 3.07. The normalized spacial score (nSPS) is 19.9. The quantitative estimate of drug-likeness (QED) is 0.865. The first-order chi connectivity index (χ1) is 10.1. The smallest absolute Gasteiger partial charge is 0.339 e. The lowest BCUT2D eigenvalue weighted by atomic mass is 10.1. The van der Waals surface area contributed by atoms with Crippen molar-refractivity contribution in [2.75, 3.05) is 32.1 Å². The van der Waals surface area contributed by atoms with Crippen LogP contribution in [0.4, 0.5) is 5.69 Å². The first-order valence-corrected chi connectivity index (χ1v) is 7.82. The fourth-order valence-corrected chi connectivity index (χ4v) is 2.90. The Kier molecular flexibility index (Phi) is 5.62. The van der Waals surface area contributed by atoms with E-state index in [1.54, 1.807) is 0 Å². The molecule has 1 unspecified atom stereocenters. The summed E-state index contributed by atoms with van der Waals surface area (Å²) in [5.41, 5.74) is 2.59. The molecule has 1 aliphatic rings. The van der Waals surface area contributed by atoms with Crippen molar-refractivity contribution in [2.24, 2.45) is 0 Å². The average Bonchev–Trinajstić information content (AvgIpc) is 2.73. The molecule has 2 rings (SSSR count). The predicted molar refractivity (Wildman–Crippen MR) is 85.9 cm³/mol. The number of anilines is 1. The molecule has 1 N–H and O–H groups in total. The lowest BCUT2D eigenvalue weighted by Crippen LogP contribution is -2.26. The number of nitrogens with one attached hydrogen (secondary N) is 1. The number of ether oxygens (including phenoxy) is 1. The van der Waals surface area contributed by atoms with Gasteiger partial charge in [-0.2, -0.15) is 0 Å². The Balaban J connectivity index is 2.10. The molecule has 0 radical (unpaired) electrons. The summed E-state index contributed by atoms with van der Waals surface area (Å²) < 4.78 is 4.89. The van der Waals surface area contributed by atoms with E-state index in [0.29, 0.717) is 11.6 Å². The van der Waals surface area contributed by atoms with Crippen LogP contribution in [-0.4, -0.2) is 43.7 Å². The number of rotatable bonds is 4. The van der Waals surface area contributed by atoms with E-state index in [0.717, 1.165) is 37.2 Å². The van der Waals surface area contributed by atoms with Gasteiger partial charge in [0.25, 0.3) is 0 Å². The van der Waals surface area contributed by atoms with Crippen LogP contribution in [0.15, 0.2) is 18.2 Å². The Morgan fingerprint density at radius 1 is 1.38 bits per heavy atom. The molecular formula is C17H26N2O2. The van der Waals surface area contributed by atoms with Gasteiger partial charge in [-0.25, -0.2) is 4.79 Å². The van der Waals surface area contributed by atoms with Gasteiger partial charge in [-0.15, -0.1) is 0 Å². The van der Waals surface area contributed by atoms with Crippen LogP contribution in [-0.2, 0) is 4.74 Å². The third-order valence-corrected chi connectivity index (χ3v) is 4.21. The largest absolute Gasteiger partial charge is 0.465 e. The van der Waals surface area contributed by atoms with Crippen molar-refractivity contribution < 1.29 is 9.53 Å². The Hall–Kier alpha value is -1.55. The molecular weight excluding hydrogens is 264 g/mol. The second kappa shape index (κ2) is 7.46. The average molecular weight is 290 g/mol. The minimum Gasteiger partial charge on any atom is -0.465 e. The first kappa shape index (κ1) is 15.8. The highest BCUT2D eigenvalue weighted by Gasteiger charge is 2.19. The summed E-state index contributed by atoms with van der Waals surface area (Å²) in [7, 11) is 1.43. The highest BCUT2D eigenvalue weighted by Crippen LogP contribution is 2.22. The molecule has 1 heterocycles. The summed E-state index contributed by atoms with van der Waals surface area (Å²) in [4.78, 5) is 14.4. The molecule has 0 saturated carbocycles. The maximum Gasteiger partial charge on any atom is 0.339 e. The fraction of sp³-hybridized carbons (Fsp3) is 0.588. The van der Waals surface area contributed by atoms with E-state index < -0.39 is 0 Å². The lowest BCUT2D eigenvalue weighted by molar-refractivity contribution is 0.0601. The van der Waals surface area contributed by atoms with Crippen LogP contribution in [0.1, 0.15) is 42.1 Å². The molecule has 1 fully saturated rings. The second-order valence-corrected chi connectivity index (χ2v) is 5.75. The Morgan fingerprint density at radius 3 is 2.90 bits per heavy atom. The maximum absolute atomic E-state index is 11.9. The van der Waals surface area contributed by atoms with E-state index >= 15 is 0 Å². The van der Waals surface area contributed by atoms with Gasteiger partial charge >= 0.3 is 5.97 Å². The van der Waals surface area contributed by atoms with Gasteiger partial charge in [0, 0.05) is 18.3 Å². The highest BCUT2D eigenvalue weighted by molar-refractivity contribution is 5.95.